The Morgan fingerprint density at radius 2 is 2.00 bits per heavy atom. The van der Waals surface area contributed by atoms with Crippen LogP contribution in [0.5, 0.6) is 5.75 Å². The molecule has 0 atom stereocenters. The van der Waals surface area contributed by atoms with E-state index in [0.29, 0.717) is 10.2 Å². The molecular weight excluding hydrogens is 359 g/mol. The average molecular weight is 370 g/mol. The quantitative estimate of drug-likeness (QED) is 0.808. The third kappa shape index (κ3) is 6.03. The molecule has 1 amide bonds. The second-order valence-electron chi connectivity index (χ2n) is 3.81. The Bertz CT molecular complexity index is 534. The van der Waals surface area contributed by atoms with Gasteiger partial charge >= 0.3 is 12.1 Å². The molecule has 21 heavy (non-hydrogen) atoms. The molecule has 0 aromatic heterocycles. The van der Waals surface area contributed by atoms with Gasteiger partial charge in [0, 0.05) is 4.47 Å². The first-order valence-corrected chi connectivity index (χ1v) is 6.36. The van der Waals surface area contributed by atoms with Crippen molar-refractivity contribution in [1.82, 2.24) is 5.32 Å². The van der Waals surface area contributed by atoms with Gasteiger partial charge in [0.1, 0.15) is 12.3 Å². The number of ether oxygens (including phenoxy) is 2. The van der Waals surface area contributed by atoms with Crippen LogP contribution in [-0.2, 0) is 9.53 Å². The highest BCUT2D eigenvalue weighted by atomic mass is 79.9. The van der Waals surface area contributed by atoms with Gasteiger partial charge in [-0.1, -0.05) is 0 Å². The third-order valence-electron chi connectivity index (χ3n) is 2.21. The Balaban J connectivity index is 2.56. The summed E-state index contributed by atoms with van der Waals surface area (Å²) in [4.78, 5) is 22.8. The van der Waals surface area contributed by atoms with E-state index >= 15 is 0 Å². The minimum Gasteiger partial charge on any atom is -0.497 e. The second kappa shape index (κ2) is 7.30. The molecule has 0 fully saturated rings. The molecule has 5 nitrogen and oxygen atoms in total. The lowest BCUT2D eigenvalue weighted by Crippen LogP contribution is -2.36. The van der Waals surface area contributed by atoms with Crippen LogP contribution >= 0.6 is 15.9 Å². The lowest BCUT2D eigenvalue weighted by Gasteiger charge is -2.10. The molecule has 9 heteroatoms. The summed E-state index contributed by atoms with van der Waals surface area (Å²) in [6.45, 7) is -2.29. The van der Waals surface area contributed by atoms with Gasteiger partial charge in [0.15, 0.2) is 6.61 Å². The predicted octanol–water partition coefficient (Wildman–Crippen LogP) is 2.29. The fourth-order valence-corrected chi connectivity index (χ4v) is 1.65. The maximum absolute atomic E-state index is 11.9. The van der Waals surface area contributed by atoms with Crippen LogP contribution in [0, 0.1) is 0 Å². The number of hydrogen-bond acceptors (Lipinski definition) is 4. The number of esters is 1. The Morgan fingerprint density at radius 1 is 1.33 bits per heavy atom. The van der Waals surface area contributed by atoms with Gasteiger partial charge in [0.25, 0.3) is 5.91 Å². The van der Waals surface area contributed by atoms with Crippen LogP contribution in [0.4, 0.5) is 13.2 Å². The van der Waals surface area contributed by atoms with Crippen LogP contribution in [0.15, 0.2) is 22.7 Å². The maximum Gasteiger partial charge on any atom is 0.405 e. The molecule has 0 saturated heterocycles. The highest BCUT2D eigenvalue weighted by molar-refractivity contribution is 9.10. The average Bonchev–Trinajstić information content (AvgIpc) is 2.42. The number of nitrogens with one attached hydrogen (secondary N) is 1. The molecule has 0 radical (unpaired) electrons. The van der Waals surface area contributed by atoms with Crippen LogP contribution in [0.25, 0.3) is 0 Å². The van der Waals surface area contributed by atoms with Gasteiger partial charge in [-0.3, -0.25) is 4.79 Å². The molecule has 0 spiro atoms. The molecule has 1 N–H and O–H groups in total. The number of carbonyl (C=O) groups is 2. The predicted molar refractivity (Wildman–Crippen MR) is 70.0 cm³/mol. The van der Waals surface area contributed by atoms with Gasteiger partial charge in [-0.2, -0.15) is 13.2 Å². The van der Waals surface area contributed by atoms with E-state index in [-0.39, 0.29) is 5.56 Å². The molecule has 1 aromatic rings. The zero-order valence-electron chi connectivity index (χ0n) is 10.8. The number of methoxy groups -OCH3 is 1. The zero-order chi connectivity index (χ0) is 16.0. The first-order valence-electron chi connectivity index (χ1n) is 5.57. The molecule has 1 rings (SSSR count). The van der Waals surface area contributed by atoms with Crippen molar-refractivity contribution >= 4 is 27.8 Å². The van der Waals surface area contributed by atoms with Gasteiger partial charge in [-0.25, -0.2) is 4.79 Å². The summed E-state index contributed by atoms with van der Waals surface area (Å²) < 4.78 is 45.6. The Kier molecular flexibility index (Phi) is 6.01. The van der Waals surface area contributed by atoms with Crippen LogP contribution < -0.4 is 10.1 Å². The minimum atomic E-state index is -4.52. The lowest BCUT2D eigenvalue weighted by molar-refractivity contribution is -0.140. The van der Waals surface area contributed by atoms with Crippen molar-refractivity contribution in [2.75, 3.05) is 20.3 Å². The summed E-state index contributed by atoms with van der Waals surface area (Å²) in [5.41, 5.74) is 0.0953. The van der Waals surface area contributed by atoms with Crippen molar-refractivity contribution in [2.45, 2.75) is 6.18 Å². The number of benzene rings is 1. The molecule has 0 aliphatic heterocycles. The summed E-state index contributed by atoms with van der Waals surface area (Å²) in [6.07, 6.45) is -4.52. The van der Waals surface area contributed by atoms with E-state index in [2.05, 4.69) is 20.7 Å². The zero-order valence-corrected chi connectivity index (χ0v) is 12.4. The summed E-state index contributed by atoms with van der Waals surface area (Å²) in [6, 6.07) is 4.51. The van der Waals surface area contributed by atoms with Crippen LogP contribution in [0.3, 0.4) is 0 Å². The monoisotopic (exact) mass is 369 g/mol. The number of alkyl halides is 3. The van der Waals surface area contributed by atoms with Gasteiger partial charge in [-0.15, -0.1) is 0 Å². The first kappa shape index (κ1) is 17.3. The number of amides is 1. The van der Waals surface area contributed by atoms with E-state index in [1.165, 1.54) is 13.2 Å². The van der Waals surface area contributed by atoms with Crippen molar-refractivity contribution in [3.63, 3.8) is 0 Å². The van der Waals surface area contributed by atoms with E-state index in [1.807, 2.05) is 0 Å². The summed E-state index contributed by atoms with van der Waals surface area (Å²) in [7, 11) is 1.41. The summed E-state index contributed by atoms with van der Waals surface area (Å²) in [5, 5.41) is 1.59. The molecule has 116 valence electrons. The third-order valence-corrected chi connectivity index (χ3v) is 2.91. The molecular formula is C12H11BrF3NO4. The smallest absolute Gasteiger partial charge is 0.405 e. The number of hydrogen-bond donors (Lipinski definition) is 1. The van der Waals surface area contributed by atoms with Gasteiger partial charge in [-0.05, 0) is 34.1 Å². The number of halogens is 4. The Labute approximate surface area is 126 Å². The van der Waals surface area contributed by atoms with Crippen molar-refractivity contribution in [1.29, 1.82) is 0 Å². The first-order chi connectivity index (χ1) is 9.73. The standard InChI is InChI=1S/C12H11BrF3NO4/c1-20-7-2-3-9(13)8(4-7)11(19)21-5-10(18)17-6-12(14,15)16/h2-4H,5-6H2,1H3,(H,17,18). The van der Waals surface area contributed by atoms with Gasteiger partial charge < -0.3 is 14.8 Å². The van der Waals surface area contributed by atoms with Crippen LogP contribution in [0.1, 0.15) is 10.4 Å². The molecule has 0 aliphatic carbocycles. The Hall–Kier alpha value is -1.77. The van der Waals surface area contributed by atoms with Crippen molar-refractivity contribution in [3.8, 4) is 5.75 Å². The highest BCUT2D eigenvalue weighted by Gasteiger charge is 2.27. The number of rotatable bonds is 5. The normalized spacial score (nSPS) is 10.9. The van der Waals surface area contributed by atoms with E-state index in [4.69, 9.17) is 4.74 Å². The molecule has 0 aliphatic rings. The van der Waals surface area contributed by atoms with Crippen LogP contribution in [0.2, 0.25) is 0 Å². The minimum absolute atomic E-state index is 0.0953. The molecule has 1 aromatic carbocycles. The van der Waals surface area contributed by atoms with E-state index in [1.54, 1.807) is 17.4 Å². The van der Waals surface area contributed by atoms with E-state index in [9.17, 15) is 22.8 Å². The van der Waals surface area contributed by atoms with Crippen molar-refractivity contribution < 1.29 is 32.2 Å². The SMILES string of the molecule is COc1ccc(Br)c(C(=O)OCC(=O)NCC(F)(F)F)c1. The Morgan fingerprint density at radius 3 is 2.57 bits per heavy atom. The van der Waals surface area contributed by atoms with Crippen LogP contribution in [-0.4, -0.2) is 38.3 Å². The van der Waals surface area contributed by atoms with E-state index < -0.39 is 31.2 Å². The fraction of sp³-hybridized carbons (Fsp3) is 0.333. The molecule has 0 heterocycles. The fourth-order valence-electron chi connectivity index (χ4n) is 1.25. The molecule has 0 bridgehead atoms. The largest absolute Gasteiger partial charge is 0.497 e. The van der Waals surface area contributed by atoms with Gasteiger partial charge in [0.05, 0.1) is 12.7 Å². The summed E-state index contributed by atoms with van der Waals surface area (Å²) >= 11 is 3.12. The lowest BCUT2D eigenvalue weighted by atomic mass is 10.2. The van der Waals surface area contributed by atoms with Crippen molar-refractivity contribution in [3.05, 3.63) is 28.2 Å². The second-order valence-corrected chi connectivity index (χ2v) is 4.67. The molecule has 0 unspecified atom stereocenters. The van der Waals surface area contributed by atoms with Gasteiger partial charge in [0.2, 0.25) is 0 Å². The summed E-state index contributed by atoms with van der Waals surface area (Å²) in [5.74, 6) is -1.51. The number of carbonyl (C=O) groups excluding carboxylic acids is 2. The topological polar surface area (TPSA) is 64.6 Å². The molecule has 0 saturated carbocycles. The van der Waals surface area contributed by atoms with E-state index in [0.717, 1.165) is 0 Å². The maximum atomic E-state index is 11.9. The van der Waals surface area contributed by atoms with Crippen molar-refractivity contribution in [2.24, 2.45) is 0 Å². The highest BCUT2D eigenvalue weighted by Crippen LogP contribution is 2.23.